The van der Waals surface area contributed by atoms with Crippen LogP contribution in [0, 0.1) is 0 Å². The highest BCUT2D eigenvalue weighted by molar-refractivity contribution is 5.81. The number of fused-ring (bicyclic) bond motifs is 2. The largest absolute Gasteiger partial charge is 0.392 e. The molecule has 104 valence electrons. The van der Waals surface area contributed by atoms with E-state index in [1.54, 1.807) is 0 Å². The summed E-state index contributed by atoms with van der Waals surface area (Å²) in [5.41, 5.74) is 4.86. The molecular formula is C19H17NO. The molecule has 0 amide bonds. The Morgan fingerprint density at radius 3 is 2.76 bits per heavy atom. The zero-order chi connectivity index (χ0) is 14.2. The van der Waals surface area contributed by atoms with Crippen molar-refractivity contribution in [1.82, 2.24) is 4.98 Å². The molecule has 2 nitrogen and oxygen atoms in total. The van der Waals surface area contributed by atoms with E-state index >= 15 is 0 Å². The smallest absolute Gasteiger partial charge is 0.0704 e. The highest BCUT2D eigenvalue weighted by Crippen LogP contribution is 2.38. The first kappa shape index (κ1) is 12.5. The SMILES string of the molecule is OC(Cc1ccnc2ccccc12)C1Cc2ccccc21. The Labute approximate surface area is 124 Å². The lowest BCUT2D eigenvalue weighted by molar-refractivity contribution is 0.133. The van der Waals surface area contributed by atoms with Gasteiger partial charge in [0.25, 0.3) is 0 Å². The Morgan fingerprint density at radius 2 is 1.86 bits per heavy atom. The van der Waals surface area contributed by atoms with Crippen LogP contribution >= 0.6 is 0 Å². The Kier molecular flexibility index (Phi) is 2.97. The van der Waals surface area contributed by atoms with E-state index in [1.165, 1.54) is 16.7 Å². The lowest BCUT2D eigenvalue weighted by atomic mass is 9.73. The van der Waals surface area contributed by atoms with Gasteiger partial charge in [0.15, 0.2) is 0 Å². The van der Waals surface area contributed by atoms with Crippen LogP contribution in [0.15, 0.2) is 60.8 Å². The molecule has 2 heteroatoms. The van der Waals surface area contributed by atoms with Gasteiger partial charge in [0, 0.05) is 17.5 Å². The summed E-state index contributed by atoms with van der Waals surface area (Å²) < 4.78 is 0. The van der Waals surface area contributed by atoms with Crippen LogP contribution < -0.4 is 0 Å². The van der Waals surface area contributed by atoms with Crippen molar-refractivity contribution >= 4 is 10.9 Å². The average Bonchev–Trinajstić information content (AvgIpc) is 2.49. The lowest BCUT2D eigenvalue weighted by Crippen LogP contribution is -2.30. The maximum atomic E-state index is 10.6. The summed E-state index contributed by atoms with van der Waals surface area (Å²) in [6.45, 7) is 0. The molecule has 1 aliphatic carbocycles. The quantitative estimate of drug-likeness (QED) is 0.794. The van der Waals surface area contributed by atoms with E-state index in [0.717, 1.165) is 17.3 Å². The lowest BCUT2D eigenvalue weighted by Gasteiger charge is -2.34. The van der Waals surface area contributed by atoms with Crippen LogP contribution in [0.5, 0.6) is 0 Å². The number of para-hydroxylation sites is 1. The minimum absolute atomic E-state index is 0.271. The number of benzene rings is 2. The monoisotopic (exact) mass is 275 g/mol. The number of aliphatic hydroxyl groups is 1. The molecule has 2 unspecified atom stereocenters. The van der Waals surface area contributed by atoms with Gasteiger partial charge in [-0.1, -0.05) is 42.5 Å². The number of rotatable bonds is 3. The third kappa shape index (κ3) is 2.12. The van der Waals surface area contributed by atoms with E-state index in [1.807, 2.05) is 30.5 Å². The number of hydrogen-bond donors (Lipinski definition) is 1. The van der Waals surface area contributed by atoms with Gasteiger partial charge in [0.1, 0.15) is 0 Å². The summed E-state index contributed by atoms with van der Waals surface area (Å²) in [5.74, 6) is 0.271. The summed E-state index contributed by atoms with van der Waals surface area (Å²) in [7, 11) is 0. The van der Waals surface area contributed by atoms with Crippen molar-refractivity contribution in [2.45, 2.75) is 24.9 Å². The molecule has 0 aliphatic heterocycles. The standard InChI is InChI=1S/C19H17NO/c21-19(17-11-13-5-1-2-6-15(13)17)12-14-9-10-20-18-8-4-3-7-16(14)18/h1-10,17,19,21H,11-12H2. The van der Waals surface area contributed by atoms with Crippen LogP contribution in [0.2, 0.25) is 0 Å². The molecule has 0 bridgehead atoms. The van der Waals surface area contributed by atoms with E-state index in [0.29, 0.717) is 6.42 Å². The minimum Gasteiger partial charge on any atom is -0.392 e. The fourth-order valence-corrected chi connectivity index (χ4v) is 3.34. The van der Waals surface area contributed by atoms with Gasteiger partial charge in [-0.25, -0.2) is 0 Å². The number of aromatic nitrogens is 1. The molecule has 21 heavy (non-hydrogen) atoms. The van der Waals surface area contributed by atoms with E-state index in [-0.39, 0.29) is 12.0 Å². The fraction of sp³-hybridized carbons (Fsp3) is 0.211. The second-order valence-electron chi connectivity index (χ2n) is 5.77. The molecule has 0 saturated heterocycles. The molecule has 0 saturated carbocycles. The average molecular weight is 275 g/mol. The van der Waals surface area contributed by atoms with Gasteiger partial charge in [-0.05, 0) is 41.7 Å². The molecule has 2 atom stereocenters. The summed E-state index contributed by atoms with van der Waals surface area (Å²) in [6.07, 6.45) is 3.17. The van der Waals surface area contributed by atoms with Gasteiger partial charge < -0.3 is 5.11 Å². The predicted octanol–water partition coefficient (Wildman–Crippen LogP) is 3.48. The van der Waals surface area contributed by atoms with Crippen molar-refractivity contribution in [2.75, 3.05) is 0 Å². The maximum absolute atomic E-state index is 10.6. The molecule has 1 aliphatic rings. The highest BCUT2D eigenvalue weighted by atomic mass is 16.3. The fourth-order valence-electron chi connectivity index (χ4n) is 3.34. The molecule has 1 heterocycles. The number of pyridine rings is 1. The van der Waals surface area contributed by atoms with Crippen molar-refractivity contribution in [2.24, 2.45) is 0 Å². The van der Waals surface area contributed by atoms with E-state index in [9.17, 15) is 5.11 Å². The molecule has 1 aromatic heterocycles. The highest BCUT2D eigenvalue weighted by Gasteiger charge is 2.31. The summed E-state index contributed by atoms with van der Waals surface area (Å²) >= 11 is 0. The van der Waals surface area contributed by atoms with Crippen LogP contribution in [0.1, 0.15) is 22.6 Å². The minimum atomic E-state index is -0.328. The van der Waals surface area contributed by atoms with Crippen LogP contribution in [-0.4, -0.2) is 16.2 Å². The molecule has 2 aromatic carbocycles. The van der Waals surface area contributed by atoms with E-state index < -0.39 is 0 Å². The molecule has 0 spiro atoms. The van der Waals surface area contributed by atoms with Crippen LogP contribution in [0.25, 0.3) is 10.9 Å². The van der Waals surface area contributed by atoms with Crippen LogP contribution in [-0.2, 0) is 12.8 Å². The summed E-state index contributed by atoms with van der Waals surface area (Å²) in [5, 5.41) is 11.8. The van der Waals surface area contributed by atoms with Crippen LogP contribution in [0.4, 0.5) is 0 Å². The summed E-state index contributed by atoms with van der Waals surface area (Å²) in [6, 6.07) is 18.6. The molecule has 1 N–H and O–H groups in total. The number of nitrogens with zero attached hydrogens (tertiary/aromatic N) is 1. The van der Waals surface area contributed by atoms with Gasteiger partial charge in [0.05, 0.1) is 11.6 Å². The van der Waals surface area contributed by atoms with Crippen molar-refractivity contribution in [1.29, 1.82) is 0 Å². The first-order valence-electron chi connectivity index (χ1n) is 7.41. The predicted molar refractivity (Wildman–Crippen MR) is 84.3 cm³/mol. The summed E-state index contributed by atoms with van der Waals surface area (Å²) in [4.78, 5) is 4.38. The first-order chi connectivity index (χ1) is 10.3. The normalized spacial score (nSPS) is 18.0. The molecule has 0 radical (unpaired) electrons. The van der Waals surface area contributed by atoms with Crippen LogP contribution in [0.3, 0.4) is 0 Å². The van der Waals surface area contributed by atoms with Crippen molar-refractivity contribution in [3.63, 3.8) is 0 Å². The molecule has 4 rings (SSSR count). The second kappa shape index (κ2) is 4.97. The number of aliphatic hydroxyl groups excluding tert-OH is 1. The first-order valence-corrected chi connectivity index (χ1v) is 7.41. The zero-order valence-corrected chi connectivity index (χ0v) is 11.7. The van der Waals surface area contributed by atoms with Gasteiger partial charge >= 0.3 is 0 Å². The molecule has 3 aromatic rings. The van der Waals surface area contributed by atoms with E-state index in [4.69, 9.17) is 0 Å². The van der Waals surface area contributed by atoms with Crippen molar-refractivity contribution in [3.8, 4) is 0 Å². The maximum Gasteiger partial charge on any atom is 0.0704 e. The molecular weight excluding hydrogens is 258 g/mol. The molecule has 0 fully saturated rings. The van der Waals surface area contributed by atoms with E-state index in [2.05, 4.69) is 35.3 Å². The Morgan fingerprint density at radius 1 is 1.05 bits per heavy atom. The Hall–Kier alpha value is -2.19. The zero-order valence-electron chi connectivity index (χ0n) is 11.7. The Bertz CT molecular complexity index is 791. The topological polar surface area (TPSA) is 33.1 Å². The third-order valence-corrected chi connectivity index (χ3v) is 4.53. The Balaban J connectivity index is 1.61. The second-order valence-corrected chi connectivity index (χ2v) is 5.77. The van der Waals surface area contributed by atoms with Gasteiger partial charge in [-0.15, -0.1) is 0 Å². The number of hydrogen-bond acceptors (Lipinski definition) is 2. The van der Waals surface area contributed by atoms with Gasteiger partial charge in [-0.2, -0.15) is 0 Å². The van der Waals surface area contributed by atoms with Gasteiger partial charge in [0.2, 0.25) is 0 Å². The van der Waals surface area contributed by atoms with Crippen molar-refractivity contribution < 1.29 is 5.11 Å². The van der Waals surface area contributed by atoms with Gasteiger partial charge in [-0.3, -0.25) is 4.98 Å². The van der Waals surface area contributed by atoms with Crippen molar-refractivity contribution in [3.05, 3.63) is 77.5 Å². The third-order valence-electron chi connectivity index (χ3n) is 4.53.